The molecule has 1 aliphatic rings. The highest BCUT2D eigenvalue weighted by Gasteiger charge is 2.31. The van der Waals surface area contributed by atoms with Crippen molar-refractivity contribution in [3.63, 3.8) is 0 Å². The Morgan fingerprint density at radius 3 is 2.75 bits per heavy atom. The number of hydrogen-bond donors (Lipinski definition) is 1. The van der Waals surface area contributed by atoms with E-state index in [1.54, 1.807) is 6.92 Å². The number of hydrogen-bond acceptors (Lipinski definition) is 6. The average Bonchev–Trinajstić information content (AvgIpc) is 3.40. The number of thiazole rings is 1. The molecule has 6 nitrogen and oxygen atoms in total. The smallest absolute Gasteiger partial charge is 0.268 e. The number of benzene rings is 2. The van der Waals surface area contributed by atoms with E-state index >= 15 is 4.39 Å². The zero-order valence-corrected chi connectivity index (χ0v) is 19.1. The molecule has 170 valence electrons. The monoisotopic (exact) mass is 479 g/mol. The van der Waals surface area contributed by atoms with E-state index in [2.05, 4.69) is 14.6 Å². The fraction of sp³-hybridized carbons (Fsp3) is 0.318. The molecule has 1 aromatic heterocycles. The SMILES string of the molecule is CCc1c(OC2CCN(Cc3ccccc3)C2)cc(F)c(S(=O)(=O)Nc2cscn2)c1F. The Morgan fingerprint density at radius 1 is 1.28 bits per heavy atom. The Bertz CT molecular complexity index is 1170. The summed E-state index contributed by atoms with van der Waals surface area (Å²) in [5.41, 5.74) is 2.63. The van der Waals surface area contributed by atoms with Crippen LogP contribution in [0.5, 0.6) is 5.75 Å². The predicted octanol–water partition coefficient (Wildman–Crippen LogP) is 4.44. The predicted molar refractivity (Wildman–Crippen MR) is 119 cm³/mol. The lowest BCUT2D eigenvalue weighted by Gasteiger charge is -2.20. The average molecular weight is 480 g/mol. The molecule has 32 heavy (non-hydrogen) atoms. The van der Waals surface area contributed by atoms with Crippen LogP contribution in [-0.4, -0.2) is 37.5 Å². The van der Waals surface area contributed by atoms with Crippen LogP contribution in [-0.2, 0) is 23.0 Å². The number of nitrogens with one attached hydrogen (secondary N) is 1. The first-order valence-corrected chi connectivity index (χ1v) is 12.6. The fourth-order valence-electron chi connectivity index (χ4n) is 3.81. The van der Waals surface area contributed by atoms with Crippen LogP contribution in [0.1, 0.15) is 24.5 Å². The van der Waals surface area contributed by atoms with Crippen LogP contribution in [0, 0.1) is 11.6 Å². The quantitative estimate of drug-likeness (QED) is 0.517. The van der Waals surface area contributed by atoms with Gasteiger partial charge in [0.25, 0.3) is 10.0 Å². The highest BCUT2D eigenvalue weighted by molar-refractivity contribution is 7.92. The molecular weight excluding hydrogens is 456 g/mol. The van der Waals surface area contributed by atoms with E-state index in [1.165, 1.54) is 16.5 Å². The molecular formula is C22H23F2N3O3S2. The molecule has 4 rings (SSSR count). The van der Waals surface area contributed by atoms with Gasteiger partial charge in [-0.2, -0.15) is 0 Å². The topological polar surface area (TPSA) is 71.5 Å². The van der Waals surface area contributed by atoms with Crippen LogP contribution in [0.2, 0.25) is 0 Å². The number of nitrogens with zero attached hydrogens (tertiary/aromatic N) is 2. The van der Waals surface area contributed by atoms with Crippen LogP contribution in [0.3, 0.4) is 0 Å². The number of aromatic nitrogens is 1. The van der Waals surface area contributed by atoms with Crippen LogP contribution in [0.25, 0.3) is 0 Å². The molecule has 1 fully saturated rings. The molecule has 2 heterocycles. The number of halogens is 2. The van der Waals surface area contributed by atoms with Crippen molar-refractivity contribution in [2.45, 2.75) is 37.3 Å². The maximum Gasteiger partial charge on any atom is 0.268 e. The summed E-state index contributed by atoms with van der Waals surface area (Å²) in [7, 11) is -4.48. The number of ether oxygens (including phenoxy) is 1. The zero-order valence-electron chi connectivity index (χ0n) is 17.4. The molecule has 1 aliphatic heterocycles. The third kappa shape index (κ3) is 4.92. The van der Waals surface area contributed by atoms with Gasteiger partial charge in [0.1, 0.15) is 17.7 Å². The van der Waals surface area contributed by atoms with E-state index in [4.69, 9.17) is 4.74 Å². The second-order valence-electron chi connectivity index (χ2n) is 7.56. The van der Waals surface area contributed by atoms with E-state index in [0.717, 1.165) is 30.5 Å². The molecule has 3 aromatic rings. The van der Waals surface area contributed by atoms with Crippen LogP contribution < -0.4 is 9.46 Å². The Balaban J connectivity index is 1.53. The number of likely N-dealkylation sites (tertiary alicyclic amines) is 1. The molecule has 2 aromatic carbocycles. The molecule has 1 atom stereocenters. The van der Waals surface area contributed by atoms with Gasteiger partial charge < -0.3 is 4.74 Å². The minimum Gasteiger partial charge on any atom is -0.489 e. The van der Waals surface area contributed by atoms with Crippen molar-refractivity contribution in [2.24, 2.45) is 0 Å². The van der Waals surface area contributed by atoms with Gasteiger partial charge in [-0.25, -0.2) is 22.2 Å². The van der Waals surface area contributed by atoms with E-state index in [-0.39, 0.29) is 29.7 Å². The van der Waals surface area contributed by atoms with Gasteiger partial charge in [-0.05, 0) is 18.4 Å². The molecule has 0 amide bonds. The van der Waals surface area contributed by atoms with E-state index in [9.17, 15) is 12.8 Å². The Hall–Kier alpha value is -2.56. The summed E-state index contributed by atoms with van der Waals surface area (Å²) in [6.07, 6.45) is 0.629. The minimum atomic E-state index is -4.48. The first kappa shape index (κ1) is 22.6. The van der Waals surface area contributed by atoms with Crippen molar-refractivity contribution in [1.29, 1.82) is 0 Å². The van der Waals surface area contributed by atoms with E-state index in [0.29, 0.717) is 13.0 Å². The lowest BCUT2D eigenvalue weighted by atomic mass is 10.1. The zero-order chi connectivity index (χ0) is 22.7. The fourth-order valence-corrected chi connectivity index (χ4v) is 5.53. The highest BCUT2D eigenvalue weighted by atomic mass is 32.2. The highest BCUT2D eigenvalue weighted by Crippen LogP contribution is 2.33. The van der Waals surface area contributed by atoms with Crippen molar-refractivity contribution in [3.05, 3.63) is 70.1 Å². The van der Waals surface area contributed by atoms with Crippen molar-refractivity contribution in [3.8, 4) is 5.75 Å². The Labute approximate surface area is 189 Å². The normalized spacial score (nSPS) is 16.9. The summed E-state index contributed by atoms with van der Waals surface area (Å²) in [5, 5.41) is 1.44. The van der Waals surface area contributed by atoms with Gasteiger partial charge in [-0.3, -0.25) is 9.62 Å². The van der Waals surface area contributed by atoms with Crippen LogP contribution in [0.15, 0.2) is 52.2 Å². The van der Waals surface area contributed by atoms with Crippen molar-refractivity contribution in [2.75, 3.05) is 17.8 Å². The van der Waals surface area contributed by atoms with Gasteiger partial charge >= 0.3 is 0 Å². The molecule has 1 N–H and O–H groups in total. The summed E-state index contributed by atoms with van der Waals surface area (Å²) >= 11 is 1.16. The molecule has 1 unspecified atom stereocenters. The lowest BCUT2D eigenvalue weighted by Crippen LogP contribution is -2.25. The molecule has 1 saturated heterocycles. The second kappa shape index (κ2) is 9.51. The number of sulfonamides is 1. The third-order valence-corrected chi connectivity index (χ3v) is 7.28. The molecule has 0 bridgehead atoms. The molecule has 10 heteroatoms. The van der Waals surface area contributed by atoms with Gasteiger partial charge in [0.2, 0.25) is 0 Å². The van der Waals surface area contributed by atoms with Gasteiger partial charge in [0.15, 0.2) is 16.5 Å². The van der Waals surface area contributed by atoms with Gasteiger partial charge in [0.05, 0.1) is 5.51 Å². The first-order valence-electron chi connectivity index (χ1n) is 10.2. The Kier molecular flexibility index (Phi) is 6.73. The van der Waals surface area contributed by atoms with Crippen molar-refractivity contribution < 1.29 is 21.9 Å². The van der Waals surface area contributed by atoms with Gasteiger partial charge in [-0.15, -0.1) is 11.3 Å². The summed E-state index contributed by atoms with van der Waals surface area (Å²) in [6, 6.07) is 11.0. The molecule has 0 aliphatic carbocycles. The largest absolute Gasteiger partial charge is 0.489 e. The van der Waals surface area contributed by atoms with Crippen molar-refractivity contribution >= 4 is 27.2 Å². The number of rotatable bonds is 8. The molecule has 0 radical (unpaired) electrons. The first-order chi connectivity index (χ1) is 15.4. The van der Waals surface area contributed by atoms with Crippen molar-refractivity contribution in [1.82, 2.24) is 9.88 Å². The molecule has 0 saturated carbocycles. The summed E-state index contributed by atoms with van der Waals surface area (Å²) in [5.74, 6) is -2.28. The lowest BCUT2D eigenvalue weighted by molar-refractivity contribution is 0.194. The van der Waals surface area contributed by atoms with E-state index in [1.807, 2.05) is 30.3 Å². The minimum absolute atomic E-state index is 0.0108. The Morgan fingerprint density at radius 2 is 2.06 bits per heavy atom. The summed E-state index contributed by atoms with van der Waals surface area (Å²) in [6.45, 7) is 3.86. The standard InChI is InChI=1S/C22H23F2N3O3S2/c1-2-17-19(30-16-8-9-27(12-16)11-15-6-4-3-5-7-15)10-18(23)22(21(17)24)32(28,29)26-20-13-31-14-25-20/h3-7,10,13-14,16,26H,2,8-9,11-12H2,1H3. The summed E-state index contributed by atoms with van der Waals surface area (Å²) in [4.78, 5) is 5.00. The van der Waals surface area contributed by atoms with Gasteiger partial charge in [0, 0.05) is 36.6 Å². The molecule has 0 spiro atoms. The van der Waals surface area contributed by atoms with Gasteiger partial charge in [-0.1, -0.05) is 37.3 Å². The van der Waals surface area contributed by atoms with E-state index < -0.39 is 26.6 Å². The van der Waals surface area contributed by atoms with Crippen LogP contribution in [0.4, 0.5) is 14.6 Å². The maximum absolute atomic E-state index is 15.2. The number of anilines is 1. The third-order valence-electron chi connectivity index (χ3n) is 5.30. The maximum atomic E-state index is 15.2. The van der Waals surface area contributed by atoms with Crippen LogP contribution >= 0.6 is 11.3 Å². The summed E-state index contributed by atoms with van der Waals surface area (Å²) < 4.78 is 63.3. The second-order valence-corrected chi connectivity index (χ2v) is 9.90.